The van der Waals surface area contributed by atoms with E-state index >= 15 is 0 Å². The highest BCUT2D eigenvalue weighted by Crippen LogP contribution is 2.54. The maximum absolute atomic E-state index is 10.5. The molecule has 4 unspecified atom stereocenters. The summed E-state index contributed by atoms with van der Waals surface area (Å²) in [6.07, 6.45) is 7.10. The van der Waals surface area contributed by atoms with Gasteiger partial charge >= 0.3 is 0 Å². The van der Waals surface area contributed by atoms with E-state index in [0.29, 0.717) is 17.7 Å². The fraction of sp³-hybridized carbons (Fsp3) is 0.600. The molecule has 1 saturated heterocycles. The van der Waals surface area contributed by atoms with Gasteiger partial charge in [0.25, 0.3) is 0 Å². The highest BCUT2D eigenvalue weighted by molar-refractivity contribution is 5.45. The fourth-order valence-corrected chi connectivity index (χ4v) is 5.50. The SMILES string of the molecule is Cc1c(O)ccc2c1C[C@]13CN(C)C(CC2)C1C=CC(O)C3C. The normalized spacial score (nSPS) is 39.5. The zero-order valence-electron chi connectivity index (χ0n) is 14.3. The maximum atomic E-state index is 10.5. The quantitative estimate of drug-likeness (QED) is 0.724. The smallest absolute Gasteiger partial charge is 0.118 e. The molecule has 2 N–H and O–H groups in total. The second kappa shape index (κ2) is 5.09. The topological polar surface area (TPSA) is 43.7 Å². The van der Waals surface area contributed by atoms with Crippen molar-refractivity contribution in [3.05, 3.63) is 41.0 Å². The highest BCUT2D eigenvalue weighted by Gasteiger charge is 2.56. The Labute approximate surface area is 138 Å². The zero-order chi connectivity index (χ0) is 16.4. The van der Waals surface area contributed by atoms with Gasteiger partial charge in [-0.25, -0.2) is 0 Å². The van der Waals surface area contributed by atoms with Crippen LogP contribution in [0.4, 0.5) is 0 Å². The van der Waals surface area contributed by atoms with Gasteiger partial charge in [0.1, 0.15) is 5.75 Å². The molecule has 2 bridgehead atoms. The molecule has 3 aliphatic rings. The number of benzene rings is 1. The van der Waals surface area contributed by atoms with Crippen LogP contribution >= 0.6 is 0 Å². The Bertz CT molecular complexity index is 668. The van der Waals surface area contributed by atoms with Crippen LogP contribution in [-0.2, 0) is 12.8 Å². The van der Waals surface area contributed by atoms with Crippen LogP contribution in [0.5, 0.6) is 5.75 Å². The van der Waals surface area contributed by atoms with Gasteiger partial charge in [-0.15, -0.1) is 0 Å². The number of aliphatic hydroxyl groups excluding tert-OH is 1. The van der Waals surface area contributed by atoms with Crippen LogP contribution in [-0.4, -0.2) is 40.9 Å². The van der Waals surface area contributed by atoms with Crippen LogP contribution in [0, 0.1) is 24.2 Å². The van der Waals surface area contributed by atoms with E-state index < -0.39 is 0 Å². The maximum Gasteiger partial charge on any atom is 0.118 e. The number of fused-ring (bicyclic) bond motifs is 1. The number of aliphatic hydroxyl groups is 1. The summed E-state index contributed by atoms with van der Waals surface area (Å²) in [6, 6.07) is 4.51. The predicted molar refractivity (Wildman–Crippen MR) is 91.5 cm³/mol. The van der Waals surface area contributed by atoms with Crippen LogP contribution in [0.1, 0.15) is 30.0 Å². The van der Waals surface area contributed by atoms with Crippen molar-refractivity contribution in [1.29, 1.82) is 0 Å². The van der Waals surface area contributed by atoms with Crippen molar-refractivity contribution in [3.63, 3.8) is 0 Å². The summed E-state index contributed by atoms with van der Waals surface area (Å²) in [7, 11) is 2.23. The van der Waals surface area contributed by atoms with Crippen LogP contribution < -0.4 is 0 Å². The molecule has 1 heterocycles. The second-order valence-electron chi connectivity index (χ2n) is 7.97. The highest BCUT2D eigenvalue weighted by atomic mass is 16.3. The van der Waals surface area contributed by atoms with Gasteiger partial charge in [0.15, 0.2) is 0 Å². The molecule has 2 aliphatic carbocycles. The van der Waals surface area contributed by atoms with Crippen LogP contribution in [0.25, 0.3) is 0 Å². The van der Waals surface area contributed by atoms with Crippen molar-refractivity contribution in [1.82, 2.24) is 4.90 Å². The number of likely N-dealkylation sites (tertiary alicyclic amines) is 1. The van der Waals surface area contributed by atoms with E-state index in [1.54, 1.807) is 0 Å². The number of aryl methyl sites for hydroxylation is 1. The number of nitrogens with zero attached hydrogens (tertiary/aromatic N) is 1. The molecule has 1 fully saturated rings. The molecule has 0 saturated carbocycles. The van der Waals surface area contributed by atoms with Gasteiger partial charge in [0, 0.05) is 18.0 Å². The van der Waals surface area contributed by atoms with Crippen LogP contribution in [0.2, 0.25) is 0 Å². The zero-order valence-corrected chi connectivity index (χ0v) is 14.3. The van der Waals surface area contributed by atoms with E-state index in [9.17, 15) is 10.2 Å². The van der Waals surface area contributed by atoms with Gasteiger partial charge in [-0.2, -0.15) is 0 Å². The third-order valence-electron chi connectivity index (χ3n) is 7.01. The Hall–Kier alpha value is -1.32. The standard InChI is InChI=1S/C20H27NO2/c1-12-15-10-20-11-21(3)17(7-4-14(15)5-8-18(12)22)16(20)6-9-19(23)13(20)2/h5-6,8-9,13,16-17,19,22-23H,4,7,10-11H2,1-3H3/t13?,16?,17?,19?,20-/m1/s1. The molecule has 4 rings (SSSR count). The van der Waals surface area contributed by atoms with Crippen molar-refractivity contribution < 1.29 is 10.2 Å². The molecule has 0 amide bonds. The third kappa shape index (κ3) is 2.03. The first-order valence-electron chi connectivity index (χ1n) is 8.81. The summed E-state index contributed by atoms with van der Waals surface area (Å²) < 4.78 is 0. The van der Waals surface area contributed by atoms with Crippen molar-refractivity contribution in [2.75, 3.05) is 13.6 Å². The summed E-state index contributed by atoms with van der Waals surface area (Å²) in [5, 5.41) is 20.7. The van der Waals surface area contributed by atoms with E-state index in [1.807, 2.05) is 19.1 Å². The molecular weight excluding hydrogens is 286 g/mol. The number of hydrogen-bond donors (Lipinski definition) is 2. The molecule has 0 spiro atoms. The molecule has 3 nitrogen and oxygen atoms in total. The van der Waals surface area contributed by atoms with Crippen molar-refractivity contribution in [3.8, 4) is 5.75 Å². The average Bonchev–Trinajstić information content (AvgIpc) is 2.81. The molecule has 5 atom stereocenters. The Morgan fingerprint density at radius 2 is 2.04 bits per heavy atom. The number of phenols is 1. The molecule has 1 aromatic carbocycles. The molecule has 124 valence electrons. The molecule has 0 radical (unpaired) electrons. The minimum atomic E-state index is -0.362. The Balaban J connectivity index is 1.89. The van der Waals surface area contributed by atoms with Gasteiger partial charge in [-0.3, -0.25) is 0 Å². The van der Waals surface area contributed by atoms with Crippen LogP contribution in [0.3, 0.4) is 0 Å². The summed E-state index contributed by atoms with van der Waals surface area (Å²) in [5.74, 6) is 1.14. The Morgan fingerprint density at radius 3 is 2.83 bits per heavy atom. The predicted octanol–water partition coefficient (Wildman–Crippen LogP) is 2.67. The molecule has 1 aromatic rings. The first-order chi connectivity index (χ1) is 10.9. The third-order valence-corrected chi connectivity index (χ3v) is 7.01. The first-order valence-corrected chi connectivity index (χ1v) is 8.81. The van der Waals surface area contributed by atoms with Gasteiger partial charge in [0.2, 0.25) is 0 Å². The fourth-order valence-electron chi connectivity index (χ4n) is 5.50. The van der Waals surface area contributed by atoms with Crippen molar-refractivity contribution in [2.24, 2.45) is 17.3 Å². The molecule has 23 heavy (non-hydrogen) atoms. The lowest BCUT2D eigenvalue weighted by molar-refractivity contribution is 0.0294. The molecule has 0 aromatic heterocycles. The number of aromatic hydroxyl groups is 1. The summed E-state index contributed by atoms with van der Waals surface area (Å²) >= 11 is 0. The monoisotopic (exact) mass is 313 g/mol. The lowest BCUT2D eigenvalue weighted by atomic mass is 9.58. The van der Waals surface area contributed by atoms with E-state index in [4.69, 9.17) is 0 Å². The van der Waals surface area contributed by atoms with E-state index in [0.717, 1.165) is 31.4 Å². The van der Waals surface area contributed by atoms with Crippen molar-refractivity contribution >= 4 is 0 Å². The Kier molecular flexibility index (Phi) is 3.37. The summed E-state index contributed by atoms with van der Waals surface area (Å²) in [5.41, 5.74) is 3.80. The second-order valence-corrected chi connectivity index (χ2v) is 7.97. The minimum absolute atomic E-state index is 0.0707. The van der Waals surface area contributed by atoms with Crippen LogP contribution in [0.15, 0.2) is 24.3 Å². The molecular formula is C20H27NO2. The molecule has 1 aliphatic heterocycles. The van der Waals surface area contributed by atoms with E-state index in [2.05, 4.69) is 31.0 Å². The van der Waals surface area contributed by atoms with Gasteiger partial charge in [-0.1, -0.05) is 25.1 Å². The average molecular weight is 313 g/mol. The molecule has 3 heteroatoms. The lowest BCUT2D eigenvalue weighted by Gasteiger charge is -2.46. The lowest BCUT2D eigenvalue weighted by Crippen LogP contribution is -2.47. The van der Waals surface area contributed by atoms with E-state index in [-0.39, 0.29) is 17.4 Å². The van der Waals surface area contributed by atoms with Gasteiger partial charge in [0.05, 0.1) is 6.10 Å². The van der Waals surface area contributed by atoms with Gasteiger partial charge in [-0.05, 0) is 67.8 Å². The van der Waals surface area contributed by atoms with Crippen molar-refractivity contribution in [2.45, 2.75) is 45.3 Å². The minimum Gasteiger partial charge on any atom is -0.508 e. The number of phenolic OH excluding ortho intramolecular Hbond substituents is 1. The van der Waals surface area contributed by atoms with E-state index in [1.165, 1.54) is 11.1 Å². The number of hydrogen-bond acceptors (Lipinski definition) is 3. The summed E-state index contributed by atoms with van der Waals surface area (Å²) in [4.78, 5) is 2.50. The largest absolute Gasteiger partial charge is 0.508 e. The first kappa shape index (κ1) is 15.2. The number of rotatable bonds is 0. The summed E-state index contributed by atoms with van der Waals surface area (Å²) in [6.45, 7) is 5.27. The Morgan fingerprint density at radius 1 is 1.26 bits per heavy atom. The van der Waals surface area contributed by atoms with Gasteiger partial charge < -0.3 is 15.1 Å².